The van der Waals surface area contributed by atoms with Gasteiger partial charge in [-0.25, -0.2) is 9.97 Å². The monoisotopic (exact) mass is 280 g/mol. The molecule has 1 N–H and O–H groups in total. The minimum absolute atomic E-state index is 0.704. The maximum Gasteiger partial charge on any atom is 0.155 e. The first-order valence-electron chi connectivity index (χ1n) is 5.54. The normalized spacial score (nSPS) is 16.6. The highest BCUT2D eigenvalue weighted by Gasteiger charge is 2.16. The van der Waals surface area contributed by atoms with Crippen LogP contribution in [0.15, 0.2) is 23.2 Å². The van der Waals surface area contributed by atoms with Crippen molar-refractivity contribution in [2.45, 2.75) is 31.8 Å². The molecule has 0 aliphatic heterocycles. The Balaban J connectivity index is 1.82. The third-order valence-corrected chi connectivity index (χ3v) is 3.53. The van der Waals surface area contributed by atoms with Gasteiger partial charge < -0.3 is 5.32 Å². The maximum absolute atomic E-state index is 4.32. The lowest BCUT2D eigenvalue weighted by Crippen LogP contribution is -2.34. The quantitative estimate of drug-likeness (QED) is 0.937. The first kappa shape index (κ1) is 10.2. The van der Waals surface area contributed by atoms with Crippen molar-refractivity contribution in [1.82, 2.24) is 19.7 Å². The summed E-state index contributed by atoms with van der Waals surface area (Å²) in [5, 5.41) is 3.54. The zero-order valence-electron chi connectivity index (χ0n) is 8.86. The van der Waals surface area contributed by atoms with Gasteiger partial charge in [-0.2, -0.15) is 0 Å². The van der Waals surface area contributed by atoms with Crippen LogP contribution in [0.1, 0.15) is 25.0 Å². The highest BCUT2D eigenvalue weighted by Crippen LogP contribution is 2.19. The van der Waals surface area contributed by atoms with E-state index in [1.165, 1.54) is 25.0 Å². The van der Waals surface area contributed by atoms with Crippen LogP contribution in [0.4, 0.5) is 0 Å². The zero-order chi connectivity index (χ0) is 11.0. The highest BCUT2D eigenvalue weighted by atomic mass is 79.9. The Morgan fingerprint density at radius 2 is 2.25 bits per heavy atom. The molecular formula is C11H13BrN4. The Morgan fingerprint density at radius 1 is 1.38 bits per heavy atom. The minimum atomic E-state index is 0.704. The molecule has 0 amide bonds. The summed E-state index contributed by atoms with van der Waals surface area (Å²) >= 11 is 3.38. The second-order valence-corrected chi connectivity index (χ2v) is 5.01. The lowest BCUT2D eigenvalue weighted by Gasteiger charge is -2.26. The van der Waals surface area contributed by atoms with Crippen LogP contribution in [0, 0.1) is 0 Å². The molecule has 1 saturated carbocycles. The standard InChI is InChI=1S/C11H13BrN4/c12-10-7-16-9(4-13-8-2-1-3-8)5-15-11(16)6-14-10/h5-8,13H,1-4H2. The van der Waals surface area contributed by atoms with Crippen molar-refractivity contribution in [2.24, 2.45) is 0 Å². The van der Waals surface area contributed by atoms with Gasteiger partial charge in [-0.3, -0.25) is 4.40 Å². The number of halogens is 1. The van der Waals surface area contributed by atoms with Crippen molar-refractivity contribution >= 4 is 21.6 Å². The SMILES string of the molecule is Brc1cn2c(CNC3CCC3)cnc2cn1. The Labute approximate surface area is 102 Å². The molecule has 1 fully saturated rings. The number of hydrogen-bond acceptors (Lipinski definition) is 3. The number of rotatable bonds is 3. The van der Waals surface area contributed by atoms with E-state index in [-0.39, 0.29) is 0 Å². The Morgan fingerprint density at radius 3 is 3.00 bits per heavy atom. The summed E-state index contributed by atoms with van der Waals surface area (Å²) in [6, 6.07) is 0.704. The molecule has 0 radical (unpaired) electrons. The van der Waals surface area contributed by atoms with Gasteiger partial charge in [0.05, 0.1) is 18.1 Å². The molecule has 1 aliphatic rings. The Hall–Kier alpha value is -0.940. The van der Waals surface area contributed by atoms with Crippen molar-refractivity contribution in [3.8, 4) is 0 Å². The summed E-state index contributed by atoms with van der Waals surface area (Å²) in [5.41, 5.74) is 2.08. The maximum atomic E-state index is 4.32. The highest BCUT2D eigenvalue weighted by molar-refractivity contribution is 9.10. The minimum Gasteiger partial charge on any atom is -0.308 e. The number of aromatic nitrogens is 3. The summed E-state index contributed by atoms with van der Waals surface area (Å²) in [7, 11) is 0. The van der Waals surface area contributed by atoms with Crippen LogP contribution in [0.2, 0.25) is 0 Å². The van der Waals surface area contributed by atoms with Gasteiger partial charge in [0.2, 0.25) is 0 Å². The third kappa shape index (κ3) is 1.85. The number of nitrogens with zero attached hydrogens (tertiary/aromatic N) is 3. The van der Waals surface area contributed by atoms with Crippen molar-refractivity contribution in [3.63, 3.8) is 0 Å². The van der Waals surface area contributed by atoms with Gasteiger partial charge >= 0.3 is 0 Å². The molecule has 84 valence electrons. The van der Waals surface area contributed by atoms with Gasteiger partial charge in [-0.15, -0.1) is 0 Å². The lowest BCUT2D eigenvalue weighted by atomic mass is 9.93. The molecule has 5 heteroatoms. The van der Waals surface area contributed by atoms with Crippen LogP contribution in [0.3, 0.4) is 0 Å². The first-order valence-corrected chi connectivity index (χ1v) is 6.33. The zero-order valence-corrected chi connectivity index (χ0v) is 10.4. The summed E-state index contributed by atoms with van der Waals surface area (Å²) in [6.45, 7) is 0.877. The average molecular weight is 281 g/mol. The summed E-state index contributed by atoms with van der Waals surface area (Å²) in [5.74, 6) is 0. The molecule has 4 nitrogen and oxygen atoms in total. The molecule has 0 atom stereocenters. The van der Waals surface area contributed by atoms with Crippen LogP contribution in [0.25, 0.3) is 5.65 Å². The number of imidazole rings is 1. The Kier molecular flexibility index (Phi) is 2.65. The molecule has 0 unspecified atom stereocenters. The molecule has 2 aromatic heterocycles. The van der Waals surface area contributed by atoms with E-state index < -0.39 is 0 Å². The number of fused-ring (bicyclic) bond motifs is 1. The van der Waals surface area contributed by atoms with Crippen molar-refractivity contribution in [1.29, 1.82) is 0 Å². The molecule has 0 saturated heterocycles. The Bertz CT molecular complexity index is 504. The fraction of sp³-hybridized carbons (Fsp3) is 0.455. The van der Waals surface area contributed by atoms with E-state index in [0.717, 1.165) is 16.8 Å². The van der Waals surface area contributed by atoms with E-state index in [1.807, 2.05) is 12.4 Å². The largest absolute Gasteiger partial charge is 0.308 e. The van der Waals surface area contributed by atoms with Crippen LogP contribution in [0.5, 0.6) is 0 Å². The van der Waals surface area contributed by atoms with E-state index in [2.05, 4.69) is 35.6 Å². The van der Waals surface area contributed by atoms with Gasteiger partial charge in [-0.1, -0.05) is 6.42 Å². The van der Waals surface area contributed by atoms with Gasteiger partial charge in [0.25, 0.3) is 0 Å². The van der Waals surface area contributed by atoms with E-state index >= 15 is 0 Å². The second-order valence-electron chi connectivity index (χ2n) is 4.20. The van der Waals surface area contributed by atoms with Crippen molar-refractivity contribution in [2.75, 3.05) is 0 Å². The molecule has 2 aromatic rings. The molecule has 1 aliphatic carbocycles. The van der Waals surface area contributed by atoms with E-state index in [1.54, 1.807) is 6.20 Å². The number of nitrogens with one attached hydrogen (secondary N) is 1. The molecule has 2 heterocycles. The van der Waals surface area contributed by atoms with Gasteiger partial charge in [0, 0.05) is 18.8 Å². The fourth-order valence-electron chi connectivity index (χ4n) is 1.91. The summed E-state index contributed by atoms with van der Waals surface area (Å²) in [4.78, 5) is 8.48. The molecule has 16 heavy (non-hydrogen) atoms. The van der Waals surface area contributed by atoms with Crippen molar-refractivity contribution in [3.05, 3.63) is 28.9 Å². The van der Waals surface area contributed by atoms with Gasteiger partial charge in [-0.05, 0) is 28.8 Å². The molecule has 0 aromatic carbocycles. The van der Waals surface area contributed by atoms with Gasteiger partial charge in [0.15, 0.2) is 5.65 Å². The predicted molar refractivity (Wildman–Crippen MR) is 65.2 cm³/mol. The van der Waals surface area contributed by atoms with Gasteiger partial charge in [0.1, 0.15) is 4.60 Å². The lowest BCUT2D eigenvalue weighted by molar-refractivity contribution is 0.336. The summed E-state index contributed by atoms with van der Waals surface area (Å²) in [6.07, 6.45) is 9.62. The molecular weight excluding hydrogens is 268 g/mol. The molecule has 3 rings (SSSR count). The second kappa shape index (κ2) is 4.14. The first-order chi connectivity index (χ1) is 7.83. The fourth-order valence-corrected chi connectivity index (χ4v) is 2.22. The molecule has 0 bridgehead atoms. The van der Waals surface area contributed by atoms with Crippen LogP contribution in [-0.4, -0.2) is 20.4 Å². The third-order valence-electron chi connectivity index (χ3n) is 3.12. The van der Waals surface area contributed by atoms with E-state index in [0.29, 0.717) is 6.04 Å². The predicted octanol–water partition coefficient (Wildman–Crippen LogP) is 2.13. The van der Waals surface area contributed by atoms with Crippen LogP contribution >= 0.6 is 15.9 Å². The van der Waals surface area contributed by atoms with Crippen molar-refractivity contribution < 1.29 is 0 Å². The van der Waals surface area contributed by atoms with E-state index in [9.17, 15) is 0 Å². The van der Waals surface area contributed by atoms with Crippen LogP contribution in [-0.2, 0) is 6.54 Å². The topological polar surface area (TPSA) is 42.2 Å². The molecule has 0 spiro atoms. The van der Waals surface area contributed by atoms with E-state index in [4.69, 9.17) is 0 Å². The van der Waals surface area contributed by atoms with Crippen LogP contribution < -0.4 is 5.32 Å². The summed E-state index contributed by atoms with van der Waals surface area (Å²) < 4.78 is 2.91. The smallest absolute Gasteiger partial charge is 0.155 e. The average Bonchev–Trinajstić information content (AvgIpc) is 2.59. The number of hydrogen-bond donors (Lipinski definition) is 1.